The third-order valence-electron chi connectivity index (χ3n) is 3.79. The van der Waals surface area contributed by atoms with Gasteiger partial charge in [-0.05, 0) is 25.1 Å². The van der Waals surface area contributed by atoms with Crippen molar-refractivity contribution in [2.24, 2.45) is 0 Å². The van der Waals surface area contributed by atoms with Crippen molar-refractivity contribution in [2.75, 3.05) is 19.5 Å². The van der Waals surface area contributed by atoms with Gasteiger partial charge < -0.3 is 25.1 Å². The second-order valence-corrected chi connectivity index (χ2v) is 6.36. The molecule has 8 nitrogen and oxygen atoms in total. The summed E-state index contributed by atoms with van der Waals surface area (Å²) in [4.78, 5) is 31.6. The van der Waals surface area contributed by atoms with Crippen molar-refractivity contribution < 1.29 is 19.1 Å². The van der Waals surface area contributed by atoms with Gasteiger partial charge in [0.2, 0.25) is 5.91 Å². The van der Waals surface area contributed by atoms with E-state index in [9.17, 15) is 9.59 Å². The Labute approximate surface area is 153 Å². The predicted octanol–water partition coefficient (Wildman–Crippen LogP) is 2.40. The number of ether oxygens (including phenoxy) is 2. The Hall–Kier alpha value is -3.07. The molecular weight excluding hydrogens is 356 g/mol. The highest BCUT2D eigenvalue weighted by atomic mass is 32.1. The summed E-state index contributed by atoms with van der Waals surface area (Å²) >= 11 is 1.31. The maximum Gasteiger partial charge on any atom is 0.268 e. The lowest BCUT2D eigenvalue weighted by molar-refractivity contribution is -0.117. The molecule has 0 saturated carbocycles. The van der Waals surface area contributed by atoms with E-state index in [1.165, 1.54) is 18.4 Å². The van der Waals surface area contributed by atoms with E-state index in [4.69, 9.17) is 9.47 Å². The van der Waals surface area contributed by atoms with Crippen LogP contribution in [0.3, 0.4) is 0 Å². The average Bonchev–Trinajstić information content (AvgIpc) is 3.29. The van der Waals surface area contributed by atoms with Crippen LogP contribution < -0.4 is 20.1 Å². The zero-order valence-corrected chi connectivity index (χ0v) is 15.3. The lowest BCUT2D eigenvalue weighted by Gasteiger charge is -2.12. The number of H-pyrrole nitrogens is 1. The zero-order chi connectivity index (χ0) is 18.7. The molecule has 1 aromatic carbocycles. The lowest BCUT2D eigenvalue weighted by atomic mass is 10.2. The molecule has 3 rings (SSSR count). The topological polar surface area (TPSA) is 105 Å². The fraction of sp³-hybridized carbons (Fsp3) is 0.235. The number of benzene rings is 1. The van der Waals surface area contributed by atoms with Gasteiger partial charge in [0.25, 0.3) is 5.91 Å². The summed E-state index contributed by atoms with van der Waals surface area (Å²) in [7, 11) is 3.09. The van der Waals surface area contributed by atoms with Crippen LogP contribution in [-0.2, 0) is 4.79 Å². The summed E-state index contributed by atoms with van der Waals surface area (Å²) in [6.45, 7) is 1.60. The van der Waals surface area contributed by atoms with Crippen LogP contribution in [0.4, 0.5) is 5.13 Å². The predicted molar refractivity (Wildman–Crippen MR) is 99.1 cm³/mol. The maximum atomic E-state index is 12.5. The molecule has 2 heterocycles. The minimum atomic E-state index is -0.728. The van der Waals surface area contributed by atoms with Gasteiger partial charge in [0.1, 0.15) is 11.7 Å². The smallest absolute Gasteiger partial charge is 0.268 e. The summed E-state index contributed by atoms with van der Waals surface area (Å²) in [5.74, 6) is 0.365. The number of nitrogens with zero attached hydrogens (tertiary/aromatic N) is 1. The molecule has 0 unspecified atom stereocenters. The minimum absolute atomic E-state index is 0.320. The van der Waals surface area contributed by atoms with E-state index in [2.05, 4.69) is 20.6 Å². The molecule has 0 aliphatic heterocycles. The number of aromatic nitrogens is 2. The third kappa shape index (κ3) is 3.47. The summed E-state index contributed by atoms with van der Waals surface area (Å²) in [6.07, 6.45) is 1.59. The molecule has 0 radical (unpaired) electrons. The number of aromatic amines is 1. The first-order chi connectivity index (χ1) is 12.5. The summed E-state index contributed by atoms with van der Waals surface area (Å²) < 4.78 is 10.6. The number of thiazole rings is 1. The van der Waals surface area contributed by atoms with E-state index in [1.54, 1.807) is 43.8 Å². The molecule has 2 amide bonds. The van der Waals surface area contributed by atoms with Crippen LogP contribution in [0.25, 0.3) is 10.9 Å². The highest BCUT2D eigenvalue weighted by Crippen LogP contribution is 2.35. The van der Waals surface area contributed by atoms with Crippen molar-refractivity contribution in [3.05, 3.63) is 35.5 Å². The van der Waals surface area contributed by atoms with E-state index in [0.717, 1.165) is 10.9 Å². The highest BCUT2D eigenvalue weighted by Gasteiger charge is 2.20. The number of carbonyl (C=O) groups is 2. The first-order valence-corrected chi connectivity index (χ1v) is 8.66. The third-order valence-corrected chi connectivity index (χ3v) is 4.48. The molecule has 3 N–H and O–H groups in total. The summed E-state index contributed by atoms with van der Waals surface area (Å²) in [6, 6.07) is 4.49. The van der Waals surface area contributed by atoms with E-state index in [1.807, 2.05) is 0 Å². The zero-order valence-electron chi connectivity index (χ0n) is 14.5. The van der Waals surface area contributed by atoms with Crippen molar-refractivity contribution >= 4 is 39.2 Å². The van der Waals surface area contributed by atoms with Crippen LogP contribution in [0.1, 0.15) is 17.4 Å². The molecule has 1 atom stereocenters. The number of anilines is 1. The fourth-order valence-corrected chi connectivity index (χ4v) is 3.02. The van der Waals surface area contributed by atoms with Gasteiger partial charge in [0, 0.05) is 17.0 Å². The second kappa shape index (κ2) is 7.44. The van der Waals surface area contributed by atoms with Crippen LogP contribution in [0.5, 0.6) is 11.5 Å². The van der Waals surface area contributed by atoms with Crippen molar-refractivity contribution in [3.63, 3.8) is 0 Å². The van der Waals surface area contributed by atoms with E-state index < -0.39 is 11.9 Å². The quantitative estimate of drug-likeness (QED) is 0.614. The summed E-state index contributed by atoms with van der Waals surface area (Å²) in [5.41, 5.74) is 1.05. The van der Waals surface area contributed by atoms with Gasteiger partial charge in [0.15, 0.2) is 16.6 Å². The Kier molecular flexibility index (Phi) is 5.08. The molecule has 0 saturated heterocycles. The van der Waals surface area contributed by atoms with Crippen LogP contribution >= 0.6 is 11.3 Å². The average molecular weight is 374 g/mol. The van der Waals surface area contributed by atoms with Crippen LogP contribution in [0, 0.1) is 0 Å². The SMILES string of the molecule is COc1ccc2[nH]c(C(=O)N[C@@H](C)C(=O)Nc3nccs3)cc2c1OC. The van der Waals surface area contributed by atoms with Crippen LogP contribution in [0.2, 0.25) is 0 Å². The molecule has 0 spiro atoms. The van der Waals surface area contributed by atoms with Crippen molar-refractivity contribution in [2.45, 2.75) is 13.0 Å². The van der Waals surface area contributed by atoms with Gasteiger partial charge in [-0.1, -0.05) is 0 Å². The molecule has 0 aliphatic carbocycles. The Bertz CT molecular complexity index is 936. The summed E-state index contributed by atoms with van der Waals surface area (Å²) in [5, 5.41) is 8.26. The standard InChI is InChI=1S/C17H18N4O4S/c1-9(15(22)21-17-18-6-7-26-17)19-16(23)12-8-10-11(20-12)4-5-13(24-2)14(10)25-3/h4-9,20H,1-3H3,(H,19,23)(H,18,21,22)/t9-/m0/s1. The minimum Gasteiger partial charge on any atom is -0.493 e. The van der Waals surface area contributed by atoms with Gasteiger partial charge in [0.05, 0.1) is 19.7 Å². The normalized spacial score (nSPS) is 11.8. The van der Waals surface area contributed by atoms with E-state index in [-0.39, 0.29) is 5.91 Å². The number of methoxy groups -OCH3 is 2. The number of amides is 2. The largest absolute Gasteiger partial charge is 0.493 e. The van der Waals surface area contributed by atoms with Gasteiger partial charge in [-0.25, -0.2) is 4.98 Å². The van der Waals surface area contributed by atoms with Gasteiger partial charge >= 0.3 is 0 Å². The first kappa shape index (κ1) is 17.7. The molecule has 26 heavy (non-hydrogen) atoms. The lowest BCUT2D eigenvalue weighted by Crippen LogP contribution is -2.41. The molecule has 0 fully saturated rings. The Morgan fingerprint density at radius 1 is 1.27 bits per heavy atom. The number of rotatable bonds is 6. The van der Waals surface area contributed by atoms with Gasteiger partial charge in [-0.2, -0.15) is 0 Å². The molecule has 9 heteroatoms. The molecule has 0 bridgehead atoms. The van der Waals surface area contributed by atoms with Crippen LogP contribution in [-0.4, -0.2) is 42.0 Å². The van der Waals surface area contributed by atoms with Crippen molar-refractivity contribution in [1.82, 2.24) is 15.3 Å². The molecule has 136 valence electrons. The van der Waals surface area contributed by atoms with E-state index in [0.29, 0.717) is 22.3 Å². The molecular formula is C17H18N4O4S. The fourth-order valence-electron chi connectivity index (χ4n) is 2.49. The Morgan fingerprint density at radius 3 is 2.73 bits per heavy atom. The van der Waals surface area contributed by atoms with Crippen molar-refractivity contribution in [3.8, 4) is 11.5 Å². The number of hydrogen-bond donors (Lipinski definition) is 3. The number of carbonyl (C=O) groups excluding carboxylic acids is 2. The van der Waals surface area contributed by atoms with Crippen LogP contribution in [0.15, 0.2) is 29.8 Å². The number of nitrogens with one attached hydrogen (secondary N) is 3. The monoisotopic (exact) mass is 374 g/mol. The maximum absolute atomic E-state index is 12.5. The van der Waals surface area contributed by atoms with E-state index >= 15 is 0 Å². The highest BCUT2D eigenvalue weighted by molar-refractivity contribution is 7.13. The van der Waals surface area contributed by atoms with Gasteiger partial charge in [-0.15, -0.1) is 11.3 Å². The molecule has 2 aromatic heterocycles. The van der Waals surface area contributed by atoms with Crippen molar-refractivity contribution in [1.29, 1.82) is 0 Å². The second-order valence-electron chi connectivity index (χ2n) is 5.47. The van der Waals surface area contributed by atoms with Gasteiger partial charge in [-0.3, -0.25) is 9.59 Å². The molecule has 0 aliphatic rings. The Morgan fingerprint density at radius 2 is 2.08 bits per heavy atom. The first-order valence-electron chi connectivity index (χ1n) is 7.78. The number of hydrogen-bond acceptors (Lipinski definition) is 6. The number of fused-ring (bicyclic) bond motifs is 1. The Balaban J connectivity index is 1.76. The molecule has 3 aromatic rings.